The summed E-state index contributed by atoms with van der Waals surface area (Å²) in [6.45, 7) is 0. The van der Waals surface area contributed by atoms with Crippen molar-refractivity contribution in [2.24, 2.45) is 0 Å². The molecular weight excluding hydrogens is 343 g/mol. The van der Waals surface area contributed by atoms with Crippen molar-refractivity contribution < 1.29 is 26.3 Å². The average molecular weight is 359 g/mol. The second-order valence-corrected chi connectivity index (χ2v) is 6.94. The second kappa shape index (κ2) is 7.12. The lowest BCUT2D eigenvalue weighted by Crippen LogP contribution is -2.18. The third-order valence-corrected chi connectivity index (χ3v) is 4.57. The van der Waals surface area contributed by atoms with Gasteiger partial charge in [0.05, 0.1) is 18.4 Å². The monoisotopic (exact) mass is 359 g/mol. The number of anilines is 1. The van der Waals surface area contributed by atoms with Crippen molar-refractivity contribution in [1.29, 1.82) is 0 Å². The van der Waals surface area contributed by atoms with E-state index in [9.17, 15) is 21.6 Å². The number of hydrogen-bond donors (Lipinski definition) is 1. The Hall–Kier alpha value is -2.22. The lowest BCUT2D eigenvalue weighted by molar-refractivity contribution is -0.137. The van der Waals surface area contributed by atoms with E-state index in [1.807, 2.05) is 0 Å². The molecule has 2 aromatic carbocycles. The summed E-state index contributed by atoms with van der Waals surface area (Å²) in [4.78, 5) is 0. The maximum absolute atomic E-state index is 12.5. The molecule has 0 saturated heterocycles. The molecule has 8 heteroatoms. The molecule has 24 heavy (non-hydrogen) atoms. The van der Waals surface area contributed by atoms with Crippen molar-refractivity contribution in [3.8, 4) is 5.75 Å². The summed E-state index contributed by atoms with van der Waals surface area (Å²) in [5.41, 5.74) is 0.0441. The van der Waals surface area contributed by atoms with Crippen LogP contribution in [0.25, 0.3) is 0 Å². The first-order valence-corrected chi connectivity index (χ1v) is 8.65. The molecule has 0 fully saturated rings. The van der Waals surface area contributed by atoms with Gasteiger partial charge in [0.1, 0.15) is 5.75 Å². The van der Waals surface area contributed by atoms with Gasteiger partial charge in [-0.3, -0.25) is 4.72 Å². The Kier molecular flexibility index (Phi) is 5.38. The number of alkyl halides is 3. The lowest BCUT2D eigenvalue weighted by Gasteiger charge is -2.10. The fourth-order valence-corrected chi connectivity index (χ4v) is 3.14. The molecule has 0 aromatic heterocycles. The standard InChI is InChI=1S/C16H16F3NO3S/c1-23-15-4-2-3-12(11-15)9-10-24(21,22)20-14-7-5-13(6-8-14)16(17,18)19/h2-8,11,20H,9-10H2,1H3. The molecular formula is C16H16F3NO3S. The van der Waals surface area contributed by atoms with Crippen molar-refractivity contribution in [2.45, 2.75) is 12.6 Å². The molecule has 0 radical (unpaired) electrons. The van der Waals surface area contributed by atoms with Crippen molar-refractivity contribution in [3.63, 3.8) is 0 Å². The molecule has 0 amide bonds. The molecule has 0 saturated carbocycles. The molecule has 1 N–H and O–H groups in total. The molecule has 0 atom stereocenters. The van der Waals surface area contributed by atoms with Crippen molar-refractivity contribution >= 4 is 15.7 Å². The molecule has 0 aliphatic heterocycles. The van der Waals surface area contributed by atoms with Gasteiger partial charge in [0.15, 0.2) is 0 Å². The number of rotatable bonds is 6. The van der Waals surface area contributed by atoms with E-state index in [1.54, 1.807) is 24.3 Å². The minimum atomic E-state index is -4.45. The van der Waals surface area contributed by atoms with Crippen LogP contribution in [0.1, 0.15) is 11.1 Å². The quantitative estimate of drug-likeness (QED) is 0.856. The van der Waals surface area contributed by atoms with Gasteiger partial charge < -0.3 is 4.74 Å². The molecule has 130 valence electrons. The van der Waals surface area contributed by atoms with Gasteiger partial charge in [-0.15, -0.1) is 0 Å². The van der Waals surface area contributed by atoms with Gasteiger partial charge in [-0.1, -0.05) is 12.1 Å². The molecule has 0 bridgehead atoms. The highest BCUT2D eigenvalue weighted by Gasteiger charge is 2.30. The van der Waals surface area contributed by atoms with Crippen LogP contribution in [0.15, 0.2) is 48.5 Å². The van der Waals surface area contributed by atoms with Crippen LogP contribution in [0, 0.1) is 0 Å². The highest BCUT2D eigenvalue weighted by Crippen LogP contribution is 2.30. The number of hydrogen-bond acceptors (Lipinski definition) is 3. The molecule has 0 aliphatic carbocycles. The number of aryl methyl sites for hydroxylation is 1. The Bertz CT molecular complexity index is 787. The Morgan fingerprint density at radius 1 is 1.08 bits per heavy atom. The molecule has 2 rings (SSSR count). The summed E-state index contributed by atoms with van der Waals surface area (Å²) in [5.74, 6) is 0.432. The summed E-state index contributed by atoms with van der Waals surface area (Å²) >= 11 is 0. The molecule has 2 aromatic rings. The largest absolute Gasteiger partial charge is 0.497 e. The number of sulfonamides is 1. The van der Waals surface area contributed by atoms with E-state index >= 15 is 0 Å². The van der Waals surface area contributed by atoms with Crippen LogP contribution >= 0.6 is 0 Å². The fraction of sp³-hybridized carbons (Fsp3) is 0.250. The molecule has 0 unspecified atom stereocenters. The van der Waals surface area contributed by atoms with Crippen LogP contribution in [0.3, 0.4) is 0 Å². The van der Waals surface area contributed by atoms with E-state index in [-0.39, 0.29) is 17.9 Å². The van der Waals surface area contributed by atoms with Gasteiger partial charge in [-0.2, -0.15) is 13.2 Å². The van der Waals surface area contributed by atoms with Crippen LogP contribution < -0.4 is 9.46 Å². The topological polar surface area (TPSA) is 55.4 Å². The molecule has 0 spiro atoms. The highest BCUT2D eigenvalue weighted by atomic mass is 32.2. The van der Waals surface area contributed by atoms with E-state index in [2.05, 4.69) is 4.72 Å². The van der Waals surface area contributed by atoms with Crippen LogP contribution in [-0.4, -0.2) is 21.3 Å². The summed E-state index contributed by atoms with van der Waals surface area (Å²) in [6, 6.07) is 10.9. The minimum absolute atomic E-state index is 0.0913. The zero-order valence-corrected chi connectivity index (χ0v) is 13.6. The Balaban J connectivity index is 2.00. The third-order valence-electron chi connectivity index (χ3n) is 3.28. The van der Waals surface area contributed by atoms with Crippen LogP contribution in [0.4, 0.5) is 18.9 Å². The van der Waals surface area contributed by atoms with Gasteiger partial charge in [0, 0.05) is 5.69 Å². The maximum atomic E-state index is 12.5. The number of halogens is 3. The predicted molar refractivity (Wildman–Crippen MR) is 85.6 cm³/mol. The summed E-state index contributed by atoms with van der Waals surface area (Å²) < 4.78 is 68.9. The number of methoxy groups -OCH3 is 1. The lowest BCUT2D eigenvalue weighted by atomic mass is 10.2. The molecule has 0 aliphatic rings. The highest BCUT2D eigenvalue weighted by molar-refractivity contribution is 7.92. The van der Waals surface area contributed by atoms with E-state index in [0.29, 0.717) is 5.75 Å². The van der Waals surface area contributed by atoms with Gasteiger partial charge in [0.25, 0.3) is 0 Å². The first-order valence-electron chi connectivity index (χ1n) is 7.00. The minimum Gasteiger partial charge on any atom is -0.497 e. The van der Waals surface area contributed by atoms with Gasteiger partial charge in [-0.25, -0.2) is 8.42 Å². The van der Waals surface area contributed by atoms with E-state index < -0.39 is 21.8 Å². The van der Waals surface area contributed by atoms with E-state index in [1.165, 1.54) is 7.11 Å². The Morgan fingerprint density at radius 2 is 1.75 bits per heavy atom. The second-order valence-electron chi connectivity index (χ2n) is 5.10. The Labute approximate surface area is 138 Å². The Morgan fingerprint density at radius 3 is 2.33 bits per heavy atom. The predicted octanol–water partition coefficient (Wildman–Crippen LogP) is 3.70. The van der Waals surface area contributed by atoms with Crippen LogP contribution in [-0.2, 0) is 22.6 Å². The van der Waals surface area contributed by atoms with E-state index in [0.717, 1.165) is 29.8 Å². The molecule has 0 heterocycles. The SMILES string of the molecule is COc1cccc(CCS(=O)(=O)Nc2ccc(C(F)(F)F)cc2)c1. The zero-order chi connectivity index (χ0) is 17.8. The zero-order valence-electron chi connectivity index (χ0n) is 12.8. The van der Waals surface area contributed by atoms with Crippen LogP contribution in [0.2, 0.25) is 0 Å². The summed E-state index contributed by atoms with van der Waals surface area (Å²) in [5, 5.41) is 0. The summed E-state index contributed by atoms with van der Waals surface area (Å²) in [6.07, 6.45) is -4.20. The van der Waals surface area contributed by atoms with Gasteiger partial charge in [0.2, 0.25) is 10.0 Å². The van der Waals surface area contributed by atoms with Crippen molar-refractivity contribution in [2.75, 3.05) is 17.6 Å². The number of nitrogens with one attached hydrogen (secondary N) is 1. The number of benzene rings is 2. The van der Waals surface area contributed by atoms with Gasteiger partial charge in [-0.05, 0) is 48.4 Å². The third kappa shape index (κ3) is 5.16. The first-order chi connectivity index (χ1) is 11.2. The van der Waals surface area contributed by atoms with Crippen molar-refractivity contribution in [3.05, 3.63) is 59.7 Å². The smallest absolute Gasteiger partial charge is 0.416 e. The average Bonchev–Trinajstić information content (AvgIpc) is 2.52. The van der Waals surface area contributed by atoms with E-state index in [4.69, 9.17) is 4.74 Å². The van der Waals surface area contributed by atoms with Gasteiger partial charge >= 0.3 is 6.18 Å². The fourth-order valence-electron chi connectivity index (χ4n) is 2.04. The maximum Gasteiger partial charge on any atom is 0.416 e. The normalized spacial score (nSPS) is 12.0. The first kappa shape index (κ1) is 18.1. The number of ether oxygens (including phenoxy) is 1. The molecule has 4 nitrogen and oxygen atoms in total. The summed E-state index contributed by atoms with van der Waals surface area (Å²) in [7, 11) is -2.16. The van der Waals surface area contributed by atoms with Crippen molar-refractivity contribution in [1.82, 2.24) is 0 Å². The van der Waals surface area contributed by atoms with Crippen LogP contribution in [0.5, 0.6) is 5.75 Å².